The zero-order chi connectivity index (χ0) is 9.97. The lowest BCUT2D eigenvalue weighted by Gasteiger charge is -2.03. The van der Waals surface area contributed by atoms with Gasteiger partial charge in [-0.15, -0.1) is 0 Å². The molecule has 0 spiro atoms. The molecule has 4 heteroatoms. The molecule has 0 fully saturated rings. The lowest BCUT2D eigenvalue weighted by atomic mass is 10.3. The Bertz CT molecular complexity index is 459. The van der Waals surface area contributed by atoms with Crippen molar-refractivity contribution >= 4 is 27.0 Å². The maximum Gasteiger partial charge on any atom is 0.125 e. The summed E-state index contributed by atoms with van der Waals surface area (Å²) in [5.74, 6) is 0.830. The Labute approximate surface area is 90.3 Å². The summed E-state index contributed by atoms with van der Waals surface area (Å²) in [6.07, 6.45) is 1.68. The van der Waals surface area contributed by atoms with E-state index >= 15 is 0 Å². The first kappa shape index (κ1) is 9.40. The number of hydrogen-bond acceptors (Lipinski definition) is 3. The molecule has 0 aliphatic heterocycles. The second-order valence-corrected chi connectivity index (χ2v) is 3.59. The van der Waals surface area contributed by atoms with Gasteiger partial charge in [-0.25, -0.2) is 4.98 Å². The van der Waals surface area contributed by atoms with Gasteiger partial charge in [-0.1, -0.05) is 0 Å². The van der Waals surface area contributed by atoms with Gasteiger partial charge in [0.15, 0.2) is 0 Å². The van der Waals surface area contributed by atoms with E-state index < -0.39 is 0 Å². The van der Waals surface area contributed by atoms with Gasteiger partial charge in [0.25, 0.3) is 0 Å². The van der Waals surface area contributed by atoms with E-state index in [0.29, 0.717) is 6.61 Å². The number of hydrogen-bond donors (Lipinski definition) is 0. The summed E-state index contributed by atoms with van der Waals surface area (Å²) in [4.78, 5) is 8.51. The first-order chi connectivity index (χ1) is 6.79. The van der Waals surface area contributed by atoms with E-state index in [2.05, 4.69) is 25.9 Å². The average Bonchev–Trinajstić information content (AvgIpc) is 2.19. The van der Waals surface area contributed by atoms with Crippen LogP contribution in [0.5, 0.6) is 5.75 Å². The van der Waals surface area contributed by atoms with E-state index in [1.807, 2.05) is 25.1 Å². The van der Waals surface area contributed by atoms with Crippen molar-refractivity contribution < 1.29 is 4.74 Å². The number of halogens is 1. The van der Waals surface area contributed by atoms with Crippen molar-refractivity contribution in [3.8, 4) is 5.75 Å². The fourth-order valence-electron chi connectivity index (χ4n) is 1.22. The highest BCUT2D eigenvalue weighted by Gasteiger charge is 1.99. The van der Waals surface area contributed by atoms with E-state index in [-0.39, 0.29) is 0 Å². The molecule has 0 aliphatic carbocycles. The molecule has 2 rings (SSSR count). The van der Waals surface area contributed by atoms with Crippen LogP contribution in [0.4, 0.5) is 0 Å². The minimum atomic E-state index is 0.662. The van der Waals surface area contributed by atoms with Crippen molar-refractivity contribution in [1.82, 2.24) is 9.97 Å². The van der Waals surface area contributed by atoms with Crippen LogP contribution in [-0.4, -0.2) is 16.6 Å². The highest BCUT2D eigenvalue weighted by molar-refractivity contribution is 9.10. The van der Waals surface area contributed by atoms with Crippen molar-refractivity contribution in [2.45, 2.75) is 6.92 Å². The topological polar surface area (TPSA) is 35.0 Å². The summed E-state index contributed by atoms with van der Waals surface area (Å²) in [6, 6.07) is 5.68. The van der Waals surface area contributed by atoms with Gasteiger partial charge in [-0.3, -0.25) is 4.98 Å². The fourth-order valence-corrected chi connectivity index (χ4v) is 1.52. The Kier molecular flexibility index (Phi) is 2.63. The molecule has 0 amide bonds. The fraction of sp³-hybridized carbons (Fsp3) is 0.200. The Morgan fingerprint density at radius 3 is 3.00 bits per heavy atom. The third-order valence-corrected chi connectivity index (χ3v) is 2.18. The van der Waals surface area contributed by atoms with Gasteiger partial charge in [0.1, 0.15) is 10.4 Å². The maximum atomic E-state index is 5.36. The molecule has 1 aromatic carbocycles. The zero-order valence-corrected chi connectivity index (χ0v) is 9.28. The van der Waals surface area contributed by atoms with E-state index in [1.54, 1.807) is 6.20 Å². The Hall–Kier alpha value is -1.16. The molecule has 14 heavy (non-hydrogen) atoms. The molecule has 0 bridgehead atoms. The molecule has 0 radical (unpaired) electrons. The van der Waals surface area contributed by atoms with E-state index in [1.165, 1.54) is 0 Å². The second-order valence-electron chi connectivity index (χ2n) is 2.78. The molecule has 0 atom stereocenters. The maximum absolute atomic E-state index is 5.36. The van der Waals surface area contributed by atoms with Crippen LogP contribution in [0.25, 0.3) is 11.0 Å². The van der Waals surface area contributed by atoms with Crippen LogP contribution in [0.2, 0.25) is 0 Å². The van der Waals surface area contributed by atoms with Crippen LogP contribution in [0.1, 0.15) is 6.92 Å². The first-order valence-corrected chi connectivity index (χ1v) is 5.14. The van der Waals surface area contributed by atoms with E-state index in [4.69, 9.17) is 4.74 Å². The van der Waals surface area contributed by atoms with Gasteiger partial charge < -0.3 is 4.74 Å². The summed E-state index contributed by atoms with van der Waals surface area (Å²) in [5, 5.41) is 0. The van der Waals surface area contributed by atoms with E-state index in [0.717, 1.165) is 21.4 Å². The second kappa shape index (κ2) is 3.92. The largest absolute Gasteiger partial charge is 0.494 e. The van der Waals surface area contributed by atoms with Crippen molar-refractivity contribution in [2.75, 3.05) is 6.61 Å². The van der Waals surface area contributed by atoms with Crippen molar-refractivity contribution in [2.24, 2.45) is 0 Å². The van der Waals surface area contributed by atoms with E-state index in [9.17, 15) is 0 Å². The smallest absolute Gasteiger partial charge is 0.125 e. The van der Waals surface area contributed by atoms with Crippen LogP contribution in [0, 0.1) is 0 Å². The van der Waals surface area contributed by atoms with Crippen molar-refractivity contribution in [3.05, 3.63) is 29.0 Å². The highest BCUT2D eigenvalue weighted by atomic mass is 79.9. The number of nitrogens with zero attached hydrogens (tertiary/aromatic N) is 2. The SMILES string of the molecule is CCOc1ccc2nc(Br)cnc2c1. The average molecular weight is 253 g/mol. The Morgan fingerprint density at radius 1 is 1.36 bits per heavy atom. The quantitative estimate of drug-likeness (QED) is 0.825. The molecule has 3 nitrogen and oxygen atoms in total. The van der Waals surface area contributed by atoms with Gasteiger partial charge in [-0.2, -0.15) is 0 Å². The van der Waals surface area contributed by atoms with Crippen LogP contribution in [0.15, 0.2) is 29.0 Å². The molecule has 0 saturated heterocycles. The molecule has 1 aromatic heterocycles. The molecule has 0 aliphatic rings. The molecule has 1 heterocycles. The molecular formula is C10H9BrN2O. The lowest BCUT2D eigenvalue weighted by molar-refractivity contribution is 0.340. The molecule has 2 aromatic rings. The third-order valence-electron chi connectivity index (χ3n) is 1.80. The van der Waals surface area contributed by atoms with Crippen LogP contribution in [0.3, 0.4) is 0 Å². The monoisotopic (exact) mass is 252 g/mol. The molecule has 72 valence electrons. The minimum absolute atomic E-state index is 0.662. The van der Waals surface area contributed by atoms with Gasteiger partial charge in [0, 0.05) is 6.07 Å². The van der Waals surface area contributed by atoms with Gasteiger partial charge in [0.2, 0.25) is 0 Å². The Morgan fingerprint density at radius 2 is 2.21 bits per heavy atom. The highest BCUT2D eigenvalue weighted by Crippen LogP contribution is 2.19. The predicted molar refractivity (Wildman–Crippen MR) is 58.4 cm³/mol. The van der Waals surface area contributed by atoms with Gasteiger partial charge in [-0.05, 0) is 35.0 Å². The lowest BCUT2D eigenvalue weighted by Crippen LogP contribution is -1.92. The molecule has 0 N–H and O–H groups in total. The van der Waals surface area contributed by atoms with Crippen LogP contribution >= 0.6 is 15.9 Å². The van der Waals surface area contributed by atoms with Crippen molar-refractivity contribution in [1.29, 1.82) is 0 Å². The van der Waals surface area contributed by atoms with Crippen LogP contribution < -0.4 is 4.74 Å². The number of fused-ring (bicyclic) bond motifs is 1. The first-order valence-electron chi connectivity index (χ1n) is 4.34. The van der Waals surface area contributed by atoms with Crippen molar-refractivity contribution in [3.63, 3.8) is 0 Å². The number of ether oxygens (including phenoxy) is 1. The molecule has 0 unspecified atom stereocenters. The third kappa shape index (κ3) is 1.85. The van der Waals surface area contributed by atoms with Crippen LogP contribution in [-0.2, 0) is 0 Å². The normalized spacial score (nSPS) is 10.4. The standard InChI is InChI=1S/C10H9BrN2O/c1-2-14-7-3-4-8-9(5-7)12-6-10(11)13-8/h3-6H,2H2,1H3. The number of aromatic nitrogens is 2. The zero-order valence-electron chi connectivity index (χ0n) is 7.70. The Balaban J connectivity index is 2.50. The number of rotatable bonds is 2. The number of benzene rings is 1. The summed E-state index contributed by atoms with van der Waals surface area (Å²) < 4.78 is 6.11. The molecular weight excluding hydrogens is 244 g/mol. The summed E-state index contributed by atoms with van der Waals surface area (Å²) in [7, 11) is 0. The molecule has 0 saturated carbocycles. The minimum Gasteiger partial charge on any atom is -0.494 e. The van der Waals surface area contributed by atoms with Gasteiger partial charge >= 0.3 is 0 Å². The summed E-state index contributed by atoms with van der Waals surface area (Å²) >= 11 is 3.28. The van der Waals surface area contributed by atoms with Gasteiger partial charge in [0.05, 0.1) is 23.8 Å². The predicted octanol–water partition coefficient (Wildman–Crippen LogP) is 2.79. The summed E-state index contributed by atoms with van der Waals surface area (Å²) in [5.41, 5.74) is 1.71. The summed E-state index contributed by atoms with van der Waals surface area (Å²) in [6.45, 7) is 2.62.